The molecule has 0 amide bonds. The maximum absolute atomic E-state index is 13.5. The summed E-state index contributed by atoms with van der Waals surface area (Å²) >= 11 is 15.5. The minimum absolute atomic E-state index is 0.00155. The summed E-state index contributed by atoms with van der Waals surface area (Å²) in [4.78, 5) is 46.4. The Morgan fingerprint density at radius 3 is 2.52 bits per heavy atom. The highest BCUT2D eigenvalue weighted by Crippen LogP contribution is 2.63. The number of hydrogen-bond donors (Lipinski definition) is 6. The van der Waals surface area contributed by atoms with Crippen molar-refractivity contribution in [3.8, 4) is 0 Å². The molecular weight excluding hydrogens is 714 g/mol. The highest BCUT2D eigenvalue weighted by atomic mass is 35.5. The number of nitrogens with one attached hydrogen (secondary N) is 1. The van der Waals surface area contributed by atoms with Crippen LogP contribution in [0.5, 0.6) is 0 Å². The zero-order chi connectivity index (χ0) is 32.3. The number of anilines is 2. The van der Waals surface area contributed by atoms with Gasteiger partial charge in [-0.1, -0.05) is 12.2 Å². The van der Waals surface area contributed by atoms with Crippen molar-refractivity contribution in [2.75, 3.05) is 24.7 Å². The van der Waals surface area contributed by atoms with E-state index in [4.69, 9.17) is 62.4 Å². The third-order valence-electron chi connectivity index (χ3n) is 8.14. The average Bonchev–Trinajstić information content (AvgIpc) is 3.36. The number of nitrogens with zero attached hydrogens (tertiary/aromatic N) is 7. The Morgan fingerprint density at radius 2 is 1.72 bits per heavy atom. The summed E-state index contributed by atoms with van der Waals surface area (Å²) < 4.78 is 51.7. The van der Waals surface area contributed by atoms with Gasteiger partial charge in [0.25, 0.3) is 5.56 Å². The van der Waals surface area contributed by atoms with Gasteiger partial charge in [0.05, 0.1) is 38.0 Å². The number of aromatic amines is 1. The number of nitrogens with two attached hydrogens (primary N) is 2. The fourth-order valence-electron chi connectivity index (χ4n) is 6.14. The van der Waals surface area contributed by atoms with Gasteiger partial charge in [-0.25, -0.2) is 14.5 Å². The number of aliphatic hydroxyl groups excluding tert-OH is 1. The maximum atomic E-state index is 13.5. The van der Waals surface area contributed by atoms with E-state index in [0.29, 0.717) is 11.2 Å². The van der Waals surface area contributed by atoms with Crippen LogP contribution in [0.25, 0.3) is 22.3 Å². The lowest BCUT2D eigenvalue weighted by Crippen LogP contribution is -2.35. The number of imidazole rings is 2. The van der Waals surface area contributed by atoms with Gasteiger partial charge in [-0.2, -0.15) is 15.0 Å². The molecule has 2 bridgehead atoms. The summed E-state index contributed by atoms with van der Waals surface area (Å²) in [5.74, 6) is -0.498. The molecule has 0 radical (unpaired) electrons. The number of hydrogen-bond acceptors (Lipinski definition) is 17. The summed E-state index contributed by atoms with van der Waals surface area (Å²) in [5.41, 5.74) is 11.7. The van der Waals surface area contributed by atoms with Crippen LogP contribution >= 0.6 is 37.4 Å². The minimum atomic E-state index is -4.26. The van der Waals surface area contributed by atoms with E-state index < -0.39 is 74.5 Å². The van der Waals surface area contributed by atoms with Crippen LogP contribution in [0.4, 0.5) is 11.8 Å². The van der Waals surface area contributed by atoms with Crippen LogP contribution < -0.4 is 17.0 Å². The lowest BCUT2D eigenvalue weighted by atomic mass is 10.1. The Morgan fingerprint density at radius 1 is 1.00 bits per heavy atom. The summed E-state index contributed by atoms with van der Waals surface area (Å²) in [6, 6.07) is -0.372. The van der Waals surface area contributed by atoms with Crippen molar-refractivity contribution in [1.29, 1.82) is 0 Å². The molecule has 3 aliphatic heterocycles. The number of nitrogen functional groups attached to an aromatic ring is 2. The van der Waals surface area contributed by atoms with Gasteiger partial charge < -0.3 is 44.6 Å². The zero-order valence-corrected chi connectivity index (χ0v) is 27.1. The molecule has 0 spiro atoms. The Hall–Kier alpha value is -2.30. The van der Waals surface area contributed by atoms with Gasteiger partial charge in [-0.05, 0) is 23.4 Å². The van der Waals surface area contributed by atoms with Gasteiger partial charge in [-0.15, -0.1) is 0 Å². The first-order valence-electron chi connectivity index (χ1n) is 13.5. The smallest absolute Gasteiger partial charge is 0.386 e. The highest BCUT2D eigenvalue weighted by Gasteiger charge is 2.67. The molecular formula is C21H23ClN10O10P2S2. The molecule has 7 N–H and O–H groups in total. The molecule has 8 unspecified atom stereocenters. The van der Waals surface area contributed by atoms with E-state index in [-0.39, 0.29) is 40.9 Å². The molecule has 4 aromatic rings. The molecule has 0 aromatic carbocycles. The van der Waals surface area contributed by atoms with Crippen molar-refractivity contribution in [1.82, 2.24) is 39.0 Å². The van der Waals surface area contributed by atoms with Crippen molar-refractivity contribution in [2.24, 2.45) is 5.92 Å². The van der Waals surface area contributed by atoms with Gasteiger partial charge in [0.15, 0.2) is 28.9 Å². The van der Waals surface area contributed by atoms with Crippen molar-refractivity contribution < 1.29 is 42.1 Å². The van der Waals surface area contributed by atoms with Crippen molar-refractivity contribution in [2.45, 2.75) is 48.9 Å². The molecule has 4 aromatic heterocycles. The monoisotopic (exact) mass is 736 g/mol. The van der Waals surface area contributed by atoms with Crippen molar-refractivity contribution in [3.05, 3.63) is 28.3 Å². The van der Waals surface area contributed by atoms with Crippen LogP contribution in [-0.4, -0.2) is 98.9 Å². The van der Waals surface area contributed by atoms with E-state index in [9.17, 15) is 19.4 Å². The van der Waals surface area contributed by atoms with Gasteiger partial charge in [0, 0.05) is 5.92 Å². The van der Waals surface area contributed by atoms with Crippen LogP contribution in [0.2, 0.25) is 5.28 Å². The normalized spacial score (nSPS) is 39.4. The fraction of sp³-hybridized carbons (Fsp3) is 0.524. The molecule has 25 heteroatoms. The first-order valence-corrected chi connectivity index (χ1v) is 19.1. The van der Waals surface area contributed by atoms with Crippen molar-refractivity contribution >= 4 is 83.3 Å². The molecule has 3 saturated heterocycles. The maximum Gasteiger partial charge on any atom is 0.386 e. The Labute approximate surface area is 271 Å². The number of rotatable bonds is 2. The predicted molar refractivity (Wildman–Crippen MR) is 163 cm³/mol. The van der Waals surface area contributed by atoms with Gasteiger partial charge in [0.1, 0.15) is 36.0 Å². The van der Waals surface area contributed by atoms with Crippen LogP contribution in [0.3, 0.4) is 0 Å². The van der Waals surface area contributed by atoms with E-state index in [1.54, 1.807) is 4.57 Å². The molecule has 11 atom stereocenters. The Balaban J connectivity index is 1.08. The minimum Gasteiger partial charge on any atom is -0.387 e. The van der Waals surface area contributed by atoms with E-state index in [0.717, 1.165) is 0 Å². The Bertz CT molecular complexity index is 2050. The molecule has 246 valence electrons. The summed E-state index contributed by atoms with van der Waals surface area (Å²) in [7, 11) is 0. The quantitative estimate of drug-likeness (QED) is 0.0901. The summed E-state index contributed by atoms with van der Waals surface area (Å²) in [6.07, 6.45) is -4.96. The SMILES string of the molecule is Nc1nc2c(ncn2[C@@H]2O[C@@H]3COP(O)(=S)OC4C5C(O[C@@H]4COP(=O)(S)OC2C3O)C5n2cnc3c(N)nc(Cl)nc32)c(=O)[nH]1. The molecule has 7 heterocycles. The van der Waals surface area contributed by atoms with E-state index in [1.165, 1.54) is 17.2 Å². The molecule has 4 fully saturated rings. The summed E-state index contributed by atoms with van der Waals surface area (Å²) in [5, 5.41) is 11.1. The van der Waals surface area contributed by atoms with E-state index >= 15 is 0 Å². The number of fused-ring (bicyclic) bond motifs is 7. The van der Waals surface area contributed by atoms with Crippen LogP contribution in [0, 0.1) is 5.92 Å². The average molecular weight is 737 g/mol. The van der Waals surface area contributed by atoms with Gasteiger partial charge in [-0.3, -0.25) is 23.4 Å². The van der Waals surface area contributed by atoms with Gasteiger partial charge >= 0.3 is 13.5 Å². The number of aliphatic hydroxyl groups is 1. The molecule has 1 aliphatic carbocycles. The third-order valence-corrected chi connectivity index (χ3v) is 11.5. The highest BCUT2D eigenvalue weighted by molar-refractivity contribution is 8.44. The fourth-order valence-corrected chi connectivity index (χ4v) is 9.23. The van der Waals surface area contributed by atoms with E-state index in [2.05, 4.69) is 42.2 Å². The van der Waals surface area contributed by atoms with Crippen LogP contribution in [-0.2, 0) is 43.9 Å². The standard InChI is InChI=1S/C21H23ClN10O10P2S2/c22-20-27-15(23)8-16(28-20)31(3-25-8)10-7-12-6(39-13(7)10)2-38-44(36,46)42-14-11(33)5(1-37-43(35,45)41-12)40-19(14)32-4-26-9-17(32)29-21(24)30-18(9)34/h3-7,10-14,19,33H,1-2H2,(H,35,45)(H,36,46)(H2,23,27,28)(H3,24,29,30,34)/t5-,6-,7?,10?,11?,12?,13?,14?,19-,43?,44?/m1/s1. The molecule has 4 aliphatic rings. The second-order valence-electron chi connectivity index (χ2n) is 10.9. The molecule has 1 saturated carbocycles. The second kappa shape index (κ2) is 10.9. The van der Waals surface area contributed by atoms with Crippen LogP contribution in [0.15, 0.2) is 17.4 Å². The third kappa shape index (κ3) is 5.16. The Kier molecular flexibility index (Phi) is 7.32. The number of halogens is 1. The molecule has 8 rings (SSSR count). The molecule has 20 nitrogen and oxygen atoms in total. The predicted octanol–water partition coefficient (Wildman–Crippen LogP) is 0.0458. The lowest BCUT2D eigenvalue weighted by molar-refractivity contribution is -0.0586. The largest absolute Gasteiger partial charge is 0.387 e. The first-order chi connectivity index (χ1) is 21.8. The van der Waals surface area contributed by atoms with E-state index in [1.807, 2.05) is 0 Å². The number of ether oxygens (including phenoxy) is 2. The summed E-state index contributed by atoms with van der Waals surface area (Å²) in [6.45, 7) is -9.13. The number of thiol groups is 1. The first kappa shape index (κ1) is 31.0. The number of aromatic nitrogens is 8. The second-order valence-corrected chi connectivity index (χ2v) is 16.9. The molecule has 46 heavy (non-hydrogen) atoms. The topological polar surface area (TPSA) is 272 Å². The number of H-pyrrole nitrogens is 1. The zero-order valence-electron chi connectivity index (χ0n) is 22.8. The van der Waals surface area contributed by atoms with Gasteiger partial charge in [0.2, 0.25) is 11.2 Å². The lowest BCUT2D eigenvalue weighted by Gasteiger charge is -2.29. The van der Waals surface area contributed by atoms with Crippen molar-refractivity contribution in [3.63, 3.8) is 0 Å². The van der Waals surface area contributed by atoms with Crippen LogP contribution in [0.1, 0.15) is 12.3 Å².